The molecule has 2 aliphatic heterocycles. The zero-order chi connectivity index (χ0) is 16.1. The molecule has 6 nitrogen and oxygen atoms in total. The van der Waals surface area contributed by atoms with Crippen LogP contribution < -0.4 is 5.32 Å². The summed E-state index contributed by atoms with van der Waals surface area (Å²) in [5, 5.41) is 3.00. The maximum absolute atomic E-state index is 12.2. The number of likely N-dealkylation sites (tertiary alicyclic amines) is 1. The van der Waals surface area contributed by atoms with E-state index >= 15 is 0 Å². The molecular formula is C17H29N3O3. The van der Waals surface area contributed by atoms with Crippen molar-refractivity contribution in [2.45, 2.75) is 57.1 Å². The Morgan fingerprint density at radius 3 is 2.91 bits per heavy atom. The molecule has 0 radical (unpaired) electrons. The van der Waals surface area contributed by atoms with E-state index in [4.69, 9.17) is 4.74 Å². The standard InChI is InChI=1S/C17H29N3O3/c21-16(18-8-4-10-19-9-3-7-17(19)22)13-20-11-12-23-15-6-2-1-5-14(15)20/h14-15H,1-13H2,(H,18,21). The predicted octanol–water partition coefficient (Wildman–Crippen LogP) is 0.759. The molecule has 3 fully saturated rings. The molecule has 2 heterocycles. The van der Waals surface area contributed by atoms with Gasteiger partial charge in [0.15, 0.2) is 0 Å². The van der Waals surface area contributed by atoms with Crippen LogP contribution in [0.15, 0.2) is 0 Å². The molecule has 6 heteroatoms. The normalized spacial score (nSPS) is 28.7. The SMILES string of the molecule is O=C(CN1CCOC2CCCCC21)NCCCN1CCCC1=O. The van der Waals surface area contributed by atoms with E-state index in [0.717, 1.165) is 51.9 Å². The van der Waals surface area contributed by atoms with Crippen LogP contribution in [0.4, 0.5) is 0 Å². The summed E-state index contributed by atoms with van der Waals surface area (Å²) in [6.45, 7) is 4.38. The number of fused-ring (bicyclic) bond motifs is 1. The molecule has 0 bridgehead atoms. The van der Waals surface area contributed by atoms with Crippen molar-refractivity contribution >= 4 is 11.8 Å². The van der Waals surface area contributed by atoms with Gasteiger partial charge >= 0.3 is 0 Å². The first-order chi connectivity index (χ1) is 11.2. The van der Waals surface area contributed by atoms with E-state index in [0.29, 0.717) is 31.7 Å². The fourth-order valence-electron chi connectivity index (χ4n) is 4.05. The third-order valence-corrected chi connectivity index (χ3v) is 5.29. The van der Waals surface area contributed by atoms with Gasteiger partial charge < -0.3 is 15.0 Å². The van der Waals surface area contributed by atoms with Gasteiger partial charge in [-0.3, -0.25) is 14.5 Å². The predicted molar refractivity (Wildman–Crippen MR) is 87.0 cm³/mol. The number of morpholine rings is 1. The molecule has 130 valence electrons. The van der Waals surface area contributed by atoms with Crippen LogP contribution in [0, 0.1) is 0 Å². The monoisotopic (exact) mass is 323 g/mol. The topological polar surface area (TPSA) is 61.9 Å². The number of nitrogens with zero attached hydrogens (tertiary/aromatic N) is 2. The number of hydrogen-bond donors (Lipinski definition) is 1. The van der Waals surface area contributed by atoms with Crippen molar-refractivity contribution in [2.24, 2.45) is 0 Å². The van der Waals surface area contributed by atoms with Crippen molar-refractivity contribution in [1.82, 2.24) is 15.1 Å². The molecule has 2 saturated heterocycles. The van der Waals surface area contributed by atoms with Gasteiger partial charge in [-0.2, -0.15) is 0 Å². The van der Waals surface area contributed by atoms with Crippen LogP contribution in [-0.4, -0.2) is 73.1 Å². The minimum atomic E-state index is 0.101. The average molecular weight is 323 g/mol. The summed E-state index contributed by atoms with van der Waals surface area (Å²) in [5.41, 5.74) is 0. The molecule has 2 amide bonds. The van der Waals surface area contributed by atoms with Crippen molar-refractivity contribution in [1.29, 1.82) is 0 Å². The fraction of sp³-hybridized carbons (Fsp3) is 0.882. The van der Waals surface area contributed by atoms with Gasteiger partial charge in [0.1, 0.15) is 0 Å². The summed E-state index contributed by atoms with van der Waals surface area (Å²) in [4.78, 5) is 27.9. The molecule has 1 N–H and O–H groups in total. The van der Waals surface area contributed by atoms with Crippen LogP contribution in [0.25, 0.3) is 0 Å². The molecular weight excluding hydrogens is 294 g/mol. The molecule has 1 aliphatic carbocycles. The lowest BCUT2D eigenvalue weighted by atomic mass is 9.90. The van der Waals surface area contributed by atoms with Crippen molar-refractivity contribution in [3.63, 3.8) is 0 Å². The summed E-state index contributed by atoms with van der Waals surface area (Å²) < 4.78 is 5.85. The Hall–Kier alpha value is -1.14. The van der Waals surface area contributed by atoms with Gasteiger partial charge in [-0.05, 0) is 25.7 Å². The number of rotatable bonds is 6. The van der Waals surface area contributed by atoms with Gasteiger partial charge in [-0.25, -0.2) is 0 Å². The first kappa shape index (κ1) is 16.7. The third kappa shape index (κ3) is 4.44. The van der Waals surface area contributed by atoms with Crippen LogP contribution in [-0.2, 0) is 14.3 Å². The summed E-state index contributed by atoms with van der Waals surface area (Å²) in [6.07, 6.45) is 7.60. The highest BCUT2D eigenvalue weighted by atomic mass is 16.5. The van der Waals surface area contributed by atoms with Crippen LogP contribution in [0.2, 0.25) is 0 Å². The Morgan fingerprint density at radius 1 is 1.22 bits per heavy atom. The zero-order valence-electron chi connectivity index (χ0n) is 14.0. The van der Waals surface area contributed by atoms with E-state index in [1.54, 1.807) is 0 Å². The Balaban J connectivity index is 1.34. The lowest BCUT2D eigenvalue weighted by Crippen LogP contribution is -2.55. The number of amides is 2. The highest BCUT2D eigenvalue weighted by molar-refractivity contribution is 5.78. The smallest absolute Gasteiger partial charge is 0.234 e. The average Bonchev–Trinajstić information content (AvgIpc) is 2.97. The molecule has 1 saturated carbocycles. The quantitative estimate of drug-likeness (QED) is 0.733. The van der Waals surface area contributed by atoms with Gasteiger partial charge in [0, 0.05) is 38.6 Å². The first-order valence-electron chi connectivity index (χ1n) is 9.14. The molecule has 2 atom stereocenters. The summed E-state index contributed by atoms with van der Waals surface area (Å²) in [7, 11) is 0. The molecule has 0 spiro atoms. The van der Waals surface area contributed by atoms with E-state index in [2.05, 4.69) is 10.2 Å². The maximum atomic E-state index is 12.2. The first-order valence-corrected chi connectivity index (χ1v) is 9.14. The summed E-state index contributed by atoms with van der Waals surface area (Å²) in [5.74, 6) is 0.358. The van der Waals surface area contributed by atoms with Gasteiger partial charge in [-0.15, -0.1) is 0 Å². The molecule has 0 aromatic rings. The van der Waals surface area contributed by atoms with Crippen molar-refractivity contribution in [3.05, 3.63) is 0 Å². The van der Waals surface area contributed by atoms with E-state index in [9.17, 15) is 9.59 Å². The Kier molecular flexibility index (Phi) is 5.89. The minimum Gasteiger partial charge on any atom is -0.375 e. The lowest BCUT2D eigenvalue weighted by Gasteiger charge is -2.43. The maximum Gasteiger partial charge on any atom is 0.234 e. The zero-order valence-corrected chi connectivity index (χ0v) is 14.0. The van der Waals surface area contributed by atoms with Gasteiger partial charge in [-0.1, -0.05) is 12.8 Å². The van der Waals surface area contributed by atoms with Crippen LogP contribution in [0.1, 0.15) is 44.9 Å². The fourth-order valence-corrected chi connectivity index (χ4v) is 4.05. The van der Waals surface area contributed by atoms with Crippen LogP contribution >= 0.6 is 0 Å². The molecule has 0 aromatic heterocycles. The number of carbonyl (C=O) groups is 2. The summed E-state index contributed by atoms with van der Waals surface area (Å²) in [6, 6.07) is 0.422. The van der Waals surface area contributed by atoms with Crippen molar-refractivity contribution in [2.75, 3.05) is 39.3 Å². The molecule has 0 aromatic carbocycles. The molecule has 3 aliphatic rings. The number of ether oxygens (including phenoxy) is 1. The molecule has 2 unspecified atom stereocenters. The van der Waals surface area contributed by atoms with Gasteiger partial charge in [0.2, 0.25) is 11.8 Å². The van der Waals surface area contributed by atoms with Crippen LogP contribution in [0.3, 0.4) is 0 Å². The number of hydrogen-bond acceptors (Lipinski definition) is 4. The van der Waals surface area contributed by atoms with E-state index in [1.807, 2.05) is 4.90 Å². The second-order valence-corrected chi connectivity index (χ2v) is 6.92. The largest absolute Gasteiger partial charge is 0.375 e. The summed E-state index contributed by atoms with van der Waals surface area (Å²) >= 11 is 0. The van der Waals surface area contributed by atoms with Gasteiger partial charge in [0.25, 0.3) is 0 Å². The molecule has 23 heavy (non-hydrogen) atoms. The van der Waals surface area contributed by atoms with Crippen molar-refractivity contribution in [3.8, 4) is 0 Å². The molecule has 3 rings (SSSR count). The highest BCUT2D eigenvalue weighted by Crippen LogP contribution is 2.28. The highest BCUT2D eigenvalue weighted by Gasteiger charge is 2.34. The van der Waals surface area contributed by atoms with E-state index < -0.39 is 0 Å². The van der Waals surface area contributed by atoms with E-state index in [-0.39, 0.29) is 11.8 Å². The third-order valence-electron chi connectivity index (χ3n) is 5.29. The lowest BCUT2D eigenvalue weighted by molar-refractivity contribution is -0.129. The Bertz CT molecular complexity index is 427. The minimum absolute atomic E-state index is 0.101. The Labute approximate surface area is 138 Å². The second kappa shape index (κ2) is 8.11. The van der Waals surface area contributed by atoms with Crippen LogP contribution in [0.5, 0.6) is 0 Å². The number of nitrogens with one attached hydrogen (secondary N) is 1. The van der Waals surface area contributed by atoms with Crippen molar-refractivity contribution < 1.29 is 14.3 Å². The second-order valence-electron chi connectivity index (χ2n) is 6.92. The van der Waals surface area contributed by atoms with E-state index in [1.165, 1.54) is 12.8 Å². The number of carbonyl (C=O) groups excluding carboxylic acids is 2. The Morgan fingerprint density at radius 2 is 2.09 bits per heavy atom. The van der Waals surface area contributed by atoms with Gasteiger partial charge in [0.05, 0.1) is 19.3 Å².